The number of fused-ring (bicyclic) bond motifs is 3. The van der Waals surface area contributed by atoms with Gasteiger partial charge < -0.3 is 14.3 Å². The predicted octanol–water partition coefficient (Wildman–Crippen LogP) is 3.36. The largest absolute Gasteiger partial charge is 0.437 e. The van der Waals surface area contributed by atoms with Crippen molar-refractivity contribution >= 4 is 25.4 Å². The summed E-state index contributed by atoms with van der Waals surface area (Å²) in [7, 11) is 2.02. The van der Waals surface area contributed by atoms with E-state index in [-0.39, 0.29) is 0 Å². The number of hydroxylamine groups is 2. The molecule has 0 radical (unpaired) electrons. The molecule has 0 unspecified atom stereocenters. The Morgan fingerprint density at radius 1 is 1.37 bits per heavy atom. The lowest BCUT2D eigenvalue weighted by Crippen LogP contribution is -2.22. The number of hydrogen-bond acceptors (Lipinski definition) is 5. The molecule has 0 atom stereocenters. The number of hydrogen-bond donors (Lipinski definition) is 1. The van der Waals surface area contributed by atoms with Crippen molar-refractivity contribution in [3.8, 4) is 17.0 Å². The predicted molar refractivity (Wildman–Crippen MR) is 72.9 cm³/mol. The minimum Gasteiger partial charge on any atom is -0.437 e. The zero-order chi connectivity index (χ0) is 13.6. The van der Waals surface area contributed by atoms with Crippen LogP contribution in [0.4, 0.5) is 0 Å². The molecule has 3 rings (SSSR count). The summed E-state index contributed by atoms with van der Waals surface area (Å²) in [6.45, 7) is 1.78. The van der Waals surface area contributed by atoms with Gasteiger partial charge in [0.2, 0.25) is 0 Å². The molecular formula is C12H10ClN2O3P. The van der Waals surface area contributed by atoms with Gasteiger partial charge in [0.1, 0.15) is 31.1 Å². The van der Waals surface area contributed by atoms with E-state index in [1.165, 1.54) is 7.05 Å². The van der Waals surface area contributed by atoms with Crippen LogP contribution in [0, 0.1) is 6.92 Å². The van der Waals surface area contributed by atoms with Crippen molar-refractivity contribution in [1.82, 2.24) is 10.2 Å². The van der Waals surface area contributed by atoms with Crippen LogP contribution in [-0.2, 0) is 0 Å². The molecule has 0 bridgehead atoms. The normalized spacial score (nSPS) is 14.3. The fourth-order valence-corrected chi connectivity index (χ4v) is 3.04. The molecule has 19 heavy (non-hydrogen) atoms. The molecule has 1 N–H and O–H groups in total. The molecule has 1 aromatic heterocycles. The van der Waals surface area contributed by atoms with E-state index in [9.17, 15) is 5.21 Å². The second kappa shape index (κ2) is 4.62. The molecule has 1 aliphatic rings. The van der Waals surface area contributed by atoms with Crippen molar-refractivity contribution in [2.45, 2.75) is 6.92 Å². The Morgan fingerprint density at radius 3 is 2.89 bits per heavy atom. The third kappa shape index (κ3) is 1.95. The highest BCUT2D eigenvalue weighted by molar-refractivity contribution is 7.36. The maximum atomic E-state index is 9.75. The first-order valence-corrected chi connectivity index (χ1v) is 6.71. The Kier molecular flexibility index (Phi) is 3.07. The second-order valence-corrected chi connectivity index (χ2v) is 5.30. The lowest BCUT2D eigenvalue weighted by Gasteiger charge is -2.09. The van der Waals surface area contributed by atoms with E-state index in [2.05, 4.69) is 5.16 Å². The number of benzene rings is 1. The highest BCUT2D eigenvalue weighted by Gasteiger charge is 2.28. The molecule has 0 amide bonds. The summed E-state index contributed by atoms with van der Waals surface area (Å²) in [5.41, 5.74) is 2.53. The van der Waals surface area contributed by atoms with Crippen molar-refractivity contribution in [3.05, 3.63) is 34.5 Å². The van der Waals surface area contributed by atoms with Crippen LogP contribution in [0.1, 0.15) is 11.3 Å². The summed E-state index contributed by atoms with van der Waals surface area (Å²) in [6, 6.07) is 5.38. The Balaban J connectivity index is 2.34. The first-order chi connectivity index (χ1) is 9.09. The zero-order valence-electron chi connectivity index (χ0n) is 10.2. The van der Waals surface area contributed by atoms with Gasteiger partial charge in [0.25, 0.3) is 0 Å². The Hall–Kier alpha value is -1.39. The average Bonchev–Trinajstić information content (AvgIpc) is 2.64. The van der Waals surface area contributed by atoms with E-state index in [1.807, 2.05) is 6.07 Å². The topological polar surface area (TPSA) is 58.7 Å². The highest BCUT2D eigenvalue weighted by atomic mass is 35.5. The van der Waals surface area contributed by atoms with E-state index in [4.69, 9.17) is 20.6 Å². The van der Waals surface area contributed by atoms with E-state index < -0.39 is 0 Å². The molecule has 2 aromatic rings. The number of aromatic nitrogens is 1. The highest BCUT2D eigenvalue weighted by Crippen LogP contribution is 2.42. The van der Waals surface area contributed by atoms with Crippen LogP contribution in [0.25, 0.3) is 11.3 Å². The molecule has 0 fully saturated rings. The van der Waals surface area contributed by atoms with Gasteiger partial charge in [0, 0.05) is 7.05 Å². The lowest BCUT2D eigenvalue weighted by atomic mass is 10.1. The van der Waals surface area contributed by atoms with Crippen molar-refractivity contribution in [1.29, 1.82) is 0 Å². The summed E-state index contributed by atoms with van der Waals surface area (Å²) in [5.74, 6) is 1.22. The van der Waals surface area contributed by atoms with E-state index in [0.29, 0.717) is 47.2 Å². The van der Waals surface area contributed by atoms with Crippen molar-refractivity contribution < 1.29 is 14.3 Å². The quantitative estimate of drug-likeness (QED) is 0.646. The lowest BCUT2D eigenvalue weighted by molar-refractivity contribution is 0.0170. The first-order valence-electron chi connectivity index (χ1n) is 5.52. The summed E-state index contributed by atoms with van der Waals surface area (Å²) >= 11 is 6.23. The van der Waals surface area contributed by atoms with Crippen LogP contribution in [0.15, 0.2) is 22.7 Å². The van der Waals surface area contributed by atoms with E-state index in [1.54, 1.807) is 19.1 Å². The van der Waals surface area contributed by atoms with Gasteiger partial charge in [-0.3, -0.25) is 0 Å². The van der Waals surface area contributed by atoms with Gasteiger partial charge in [0.15, 0.2) is 0 Å². The molecule has 0 saturated heterocycles. The van der Waals surface area contributed by atoms with Gasteiger partial charge in [-0.2, -0.15) is 5.06 Å². The molecule has 1 aromatic carbocycles. The van der Waals surface area contributed by atoms with E-state index in [0.717, 1.165) is 5.06 Å². The maximum Gasteiger partial charge on any atom is 0.148 e. The van der Waals surface area contributed by atoms with Gasteiger partial charge in [-0.15, -0.1) is 0 Å². The third-order valence-electron chi connectivity index (χ3n) is 2.84. The standard InChI is InChI=1S/C12H10ClN2O3P/c1-6-9-11(14-17-6)10-7(13)4-3-5-8(10)18-19-12(9)15(2)16/h3-5,16H,1-2H3. The van der Waals surface area contributed by atoms with Gasteiger partial charge >= 0.3 is 0 Å². The third-order valence-corrected chi connectivity index (χ3v) is 4.12. The summed E-state index contributed by atoms with van der Waals surface area (Å²) in [4.78, 5) is 0. The fourth-order valence-electron chi connectivity index (χ4n) is 1.98. The van der Waals surface area contributed by atoms with Crippen LogP contribution in [-0.4, -0.2) is 27.9 Å². The number of nitrogens with zero attached hydrogens (tertiary/aromatic N) is 2. The molecule has 0 saturated carbocycles. The SMILES string of the molecule is Cc1onc2c1C(N(C)O)=POc1cccc(Cl)c1-2. The average molecular weight is 297 g/mol. The van der Waals surface area contributed by atoms with Crippen LogP contribution in [0.3, 0.4) is 0 Å². The van der Waals surface area contributed by atoms with E-state index >= 15 is 0 Å². The Labute approximate surface area is 116 Å². The molecule has 1 aliphatic heterocycles. The van der Waals surface area contributed by atoms with Gasteiger partial charge in [-0.05, 0) is 19.1 Å². The monoisotopic (exact) mass is 296 g/mol. The summed E-state index contributed by atoms with van der Waals surface area (Å²) < 4.78 is 10.9. The fraction of sp³-hybridized carbons (Fsp3) is 0.167. The molecule has 98 valence electrons. The van der Waals surface area contributed by atoms with Crippen LogP contribution in [0.2, 0.25) is 5.02 Å². The van der Waals surface area contributed by atoms with Crippen LogP contribution < -0.4 is 4.52 Å². The molecule has 0 aliphatic carbocycles. The minimum atomic E-state index is 0.491. The van der Waals surface area contributed by atoms with Gasteiger partial charge in [-0.25, -0.2) is 0 Å². The number of rotatable bonds is 1. The van der Waals surface area contributed by atoms with Crippen LogP contribution in [0.5, 0.6) is 5.75 Å². The molecule has 2 heterocycles. The molecule has 0 spiro atoms. The first kappa shape index (κ1) is 12.6. The second-order valence-electron chi connectivity index (χ2n) is 4.11. The Bertz CT molecular complexity index is 682. The van der Waals surface area contributed by atoms with Crippen LogP contribution >= 0.6 is 20.0 Å². The van der Waals surface area contributed by atoms with Crippen molar-refractivity contribution in [3.63, 3.8) is 0 Å². The molecular weight excluding hydrogens is 287 g/mol. The number of halogens is 1. The maximum absolute atomic E-state index is 9.75. The minimum absolute atomic E-state index is 0.491. The molecule has 5 nitrogen and oxygen atoms in total. The van der Waals surface area contributed by atoms with Crippen molar-refractivity contribution in [2.24, 2.45) is 0 Å². The summed E-state index contributed by atoms with van der Waals surface area (Å²) in [6.07, 6.45) is 0. The summed E-state index contributed by atoms with van der Waals surface area (Å²) in [5, 5.41) is 15.3. The van der Waals surface area contributed by atoms with Gasteiger partial charge in [0.05, 0.1) is 16.1 Å². The van der Waals surface area contributed by atoms with Gasteiger partial charge in [-0.1, -0.05) is 22.8 Å². The zero-order valence-corrected chi connectivity index (χ0v) is 11.9. The molecule has 7 heteroatoms. The number of aryl methyl sites for hydroxylation is 1. The Morgan fingerprint density at radius 2 is 2.16 bits per heavy atom. The smallest absolute Gasteiger partial charge is 0.148 e. The van der Waals surface area contributed by atoms with Crippen molar-refractivity contribution in [2.75, 3.05) is 7.05 Å².